The van der Waals surface area contributed by atoms with Crippen molar-refractivity contribution in [3.8, 4) is 0 Å². The zero-order valence-corrected chi connectivity index (χ0v) is 9.33. The molecule has 1 atom stereocenters. The molecule has 0 fully saturated rings. The Bertz CT molecular complexity index is 278. The molecule has 0 aliphatic heterocycles. The van der Waals surface area contributed by atoms with Crippen molar-refractivity contribution in [3.63, 3.8) is 0 Å². The Morgan fingerprint density at radius 1 is 1.21 bits per heavy atom. The van der Waals surface area contributed by atoms with Gasteiger partial charge in [0.2, 0.25) is 0 Å². The third-order valence-corrected chi connectivity index (χ3v) is 2.43. The molecule has 0 spiro atoms. The summed E-state index contributed by atoms with van der Waals surface area (Å²) in [4.78, 5) is 0. The molecule has 0 aromatic heterocycles. The van der Waals surface area contributed by atoms with Gasteiger partial charge in [0, 0.05) is 0 Å². The van der Waals surface area contributed by atoms with Crippen LogP contribution in [0, 0.1) is 5.92 Å². The van der Waals surface area contributed by atoms with Gasteiger partial charge >= 0.3 is 0 Å². The summed E-state index contributed by atoms with van der Waals surface area (Å²) < 4.78 is 0. The van der Waals surface area contributed by atoms with E-state index < -0.39 is 0 Å². The lowest BCUT2D eigenvalue weighted by atomic mass is 9.94. The second-order valence-corrected chi connectivity index (χ2v) is 4.22. The lowest BCUT2D eigenvalue weighted by Gasteiger charge is -2.15. The Morgan fingerprint density at radius 3 is 2.43 bits per heavy atom. The van der Waals surface area contributed by atoms with Crippen LogP contribution in [0.4, 0.5) is 0 Å². The summed E-state index contributed by atoms with van der Waals surface area (Å²) in [5, 5.41) is 9.82. The summed E-state index contributed by atoms with van der Waals surface area (Å²) in [6, 6.07) is 8.20. The lowest BCUT2D eigenvalue weighted by molar-refractivity contribution is 0.172. The number of hydrogen-bond acceptors (Lipinski definition) is 1. The normalized spacial score (nSPS) is 13.2. The third-order valence-electron chi connectivity index (χ3n) is 2.43. The van der Waals surface area contributed by atoms with Crippen LogP contribution in [0.15, 0.2) is 24.3 Å². The fraction of sp³-hybridized carbons (Fsp3) is 0.538. The monoisotopic (exact) mass is 192 g/mol. The van der Waals surface area contributed by atoms with Crippen LogP contribution < -0.4 is 0 Å². The first-order valence-electron chi connectivity index (χ1n) is 5.41. The van der Waals surface area contributed by atoms with Gasteiger partial charge in [-0.1, -0.05) is 45.0 Å². The van der Waals surface area contributed by atoms with Crippen LogP contribution in [-0.2, 0) is 6.42 Å². The second kappa shape index (κ2) is 5.16. The van der Waals surface area contributed by atoms with E-state index in [2.05, 4.69) is 19.9 Å². The van der Waals surface area contributed by atoms with Crippen molar-refractivity contribution in [2.24, 2.45) is 5.92 Å². The molecule has 0 amide bonds. The van der Waals surface area contributed by atoms with Crippen LogP contribution in [0.1, 0.15) is 44.4 Å². The van der Waals surface area contributed by atoms with E-state index in [4.69, 9.17) is 0 Å². The molecule has 0 aliphatic carbocycles. The molecule has 1 aromatic rings. The van der Waals surface area contributed by atoms with Crippen LogP contribution in [0.2, 0.25) is 0 Å². The maximum atomic E-state index is 9.82. The van der Waals surface area contributed by atoms with Crippen molar-refractivity contribution >= 4 is 0 Å². The lowest BCUT2D eigenvalue weighted by Crippen LogP contribution is -2.03. The van der Waals surface area contributed by atoms with E-state index in [0.717, 1.165) is 18.4 Å². The molecule has 14 heavy (non-hydrogen) atoms. The van der Waals surface area contributed by atoms with E-state index in [1.54, 1.807) is 0 Å². The fourth-order valence-corrected chi connectivity index (χ4v) is 1.70. The Labute approximate surface area is 86.8 Å². The molecule has 1 rings (SSSR count). The molecule has 0 saturated heterocycles. The fourth-order valence-electron chi connectivity index (χ4n) is 1.70. The minimum atomic E-state index is -0.301. The molecule has 1 N–H and O–H groups in total. The molecule has 1 nitrogen and oxygen atoms in total. The standard InChI is InChI=1S/C13H20O/c1-4-13(14)12-8-6-5-7-11(12)9-10(2)3/h5-8,10,13-14H,4,9H2,1-3H3. The van der Waals surface area contributed by atoms with Crippen molar-refractivity contribution in [1.29, 1.82) is 0 Å². The van der Waals surface area contributed by atoms with Crippen LogP contribution in [-0.4, -0.2) is 5.11 Å². The summed E-state index contributed by atoms with van der Waals surface area (Å²) in [6.45, 7) is 6.42. The van der Waals surface area contributed by atoms with Gasteiger partial charge in [-0.05, 0) is 29.9 Å². The van der Waals surface area contributed by atoms with Gasteiger partial charge in [-0.25, -0.2) is 0 Å². The average molecular weight is 192 g/mol. The Kier molecular flexibility index (Phi) is 4.15. The molecule has 0 bridgehead atoms. The summed E-state index contributed by atoms with van der Waals surface area (Å²) in [6.07, 6.45) is 1.53. The molecule has 78 valence electrons. The van der Waals surface area contributed by atoms with Crippen LogP contribution >= 0.6 is 0 Å². The number of aliphatic hydroxyl groups excluding tert-OH is 1. The van der Waals surface area contributed by atoms with Gasteiger partial charge in [-0.2, -0.15) is 0 Å². The largest absolute Gasteiger partial charge is 0.388 e. The highest BCUT2D eigenvalue weighted by atomic mass is 16.3. The SMILES string of the molecule is CCC(O)c1ccccc1CC(C)C. The first kappa shape index (κ1) is 11.3. The highest BCUT2D eigenvalue weighted by Gasteiger charge is 2.10. The highest BCUT2D eigenvalue weighted by Crippen LogP contribution is 2.22. The van der Waals surface area contributed by atoms with E-state index >= 15 is 0 Å². The Balaban J connectivity index is 2.91. The maximum Gasteiger partial charge on any atom is 0.0790 e. The predicted octanol–water partition coefficient (Wildman–Crippen LogP) is 3.33. The van der Waals surface area contributed by atoms with E-state index in [-0.39, 0.29) is 6.10 Å². The molecule has 1 aromatic carbocycles. The minimum Gasteiger partial charge on any atom is -0.388 e. The molecule has 1 heteroatoms. The molecule has 0 heterocycles. The minimum absolute atomic E-state index is 0.301. The topological polar surface area (TPSA) is 20.2 Å². The van der Waals surface area contributed by atoms with Gasteiger partial charge in [0.1, 0.15) is 0 Å². The van der Waals surface area contributed by atoms with Crippen molar-refractivity contribution < 1.29 is 5.11 Å². The molecular weight excluding hydrogens is 172 g/mol. The van der Waals surface area contributed by atoms with Crippen molar-refractivity contribution in [3.05, 3.63) is 35.4 Å². The van der Waals surface area contributed by atoms with E-state index in [0.29, 0.717) is 5.92 Å². The zero-order valence-electron chi connectivity index (χ0n) is 9.33. The van der Waals surface area contributed by atoms with Gasteiger partial charge in [0.05, 0.1) is 6.10 Å². The van der Waals surface area contributed by atoms with Crippen LogP contribution in [0.25, 0.3) is 0 Å². The van der Waals surface area contributed by atoms with Crippen molar-refractivity contribution in [2.75, 3.05) is 0 Å². The number of rotatable bonds is 4. The zero-order chi connectivity index (χ0) is 10.6. The van der Waals surface area contributed by atoms with Crippen LogP contribution in [0.5, 0.6) is 0 Å². The Morgan fingerprint density at radius 2 is 1.86 bits per heavy atom. The van der Waals surface area contributed by atoms with Gasteiger partial charge < -0.3 is 5.11 Å². The van der Waals surface area contributed by atoms with E-state index in [1.165, 1.54) is 5.56 Å². The first-order valence-corrected chi connectivity index (χ1v) is 5.41. The summed E-state index contributed by atoms with van der Waals surface area (Å²) >= 11 is 0. The predicted molar refractivity (Wildman–Crippen MR) is 60.2 cm³/mol. The number of aliphatic hydroxyl groups is 1. The first-order chi connectivity index (χ1) is 6.65. The third kappa shape index (κ3) is 2.85. The van der Waals surface area contributed by atoms with E-state index in [1.807, 2.05) is 25.1 Å². The summed E-state index contributed by atoms with van der Waals surface area (Å²) in [5.74, 6) is 0.639. The molecular formula is C13H20O. The van der Waals surface area contributed by atoms with Gasteiger partial charge in [0.15, 0.2) is 0 Å². The van der Waals surface area contributed by atoms with Crippen molar-refractivity contribution in [2.45, 2.75) is 39.7 Å². The maximum absolute atomic E-state index is 9.82. The van der Waals surface area contributed by atoms with Crippen LogP contribution in [0.3, 0.4) is 0 Å². The second-order valence-electron chi connectivity index (χ2n) is 4.22. The molecule has 1 unspecified atom stereocenters. The van der Waals surface area contributed by atoms with Gasteiger partial charge in [-0.3, -0.25) is 0 Å². The van der Waals surface area contributed by atoms with E-state index in [9.17, 15) is 5.11 Å². The smallest absolute Gasteiger partial charge is 0.0790 e. The number of hydrogen-bond donors (Lipinski definition) is 1. The summed E-state index contributed by atoms with van der Waals surface area (Å²) in [7, 11) is 0. The van der Waals surface area contributed by atoms with Gasteiger partial charge in [0.25, 0.3) is 0 Å². The summed E-state index contributed by atoms with van der Waals surface area (Å²) in [5.41, 5.74) is 2.39. The quantitative estimate of drug-likeness (QED) is 0.775. The van der Waals surface area contributed by atoms with Crippen molar-refractivity contribution in [1.82, 2.24) is 0 Å². The molecule has 0 radical (unpaired) electrons. The average Bonchev–Trinajstić information content (AvgIpc) is 2.16. The van der Waals surface area contributed by atoms with Gasteiger partial charge in [-0.15, -0.1) is 0 Å². The number of benzene rings is 1. The molecule has 0 aliphatic rings. The Hall–Kier alpha value is -0.820. The molecule has 0 saturated carbocycles. The highest BCUT2D eigenvalue weighted by molar-refractivity contribution is 5.29.